The molecule has 0 saturated carbocycles. The number of fused-ring (bicyclic) bond motifs is 1. The number of rotatable bonds is 16. The van der Waals surface area contributed by atoms with Gasteiger partial charge in [0, 0.05) is 31.2 Å². The zero-order valence-electron chi connectivity index (χ0n) is 29.5. The minimum atomic E-state index is -0.888. The van der Waals surface area contributed by atoms with Crippen LogP contribution in [-0.4, -0.2) is 88.0 Å². The summed E-state index contributed by atoms with van der Waals surface area (Å²) >= 11 is 6.22. The van der Waals surface area contributed by atoms with Gasteiger partial charge in [-0.15, -0.1) is 0 Å². The van der Waals surface area contributed by atoms with Crippen LogP contribution in [0, 0.1) is 0 Å². The third-order valence-electron chi connectivity index (χ3n) is 9.29. The number of β-amino-alcohol motifs (C(OH)–C–C–N with tert-alkyl or cyclic N) is 1. The van der Waals surface area contributed by atoms with E-state index in [-0.39, 0.29) is 26.3 Å². The van der Waals surface area contributed by atoms with Gasteiger partial charge in [0.2, 0.25) is 0 Å². The molecule has 4 aromatic carbocycles. The second kappa shape index (κ2) is 19.0. The number of ether oxygens (including phenoxy) is 6. The SMILES string of the molecule is COCCCN1CCOc2ccc(COC3CN(C(=O)OCc4ccccc4)CC(O)C3c3ccc(OCCOCc4ccccc4Cl)cc3)cc21. The molecule has 2 aliphatic heterocycles. The van der Waals surface area contributed by atoms with Crippen molar-refractivity contribution in [2.45, 2.75) is 44.4 Å². The maximum atomic E-state index is 13.2. The van der Waals surface area contributed by atoms with Gasteiger partial charge in [0.25, 0.3) is 0 Å². The standard InChI is InChI=1S/C41H47ClN2O8/c1-47-20-7-18-43-19-21-50-38-17-12-31(24-36(38)43)28-51-39-26-44(41(46)52-27-30-8-3-2-4-9-30)25-37(45)40(39)32-13-15-34(16-14-32)49-23-22-48-29-33-10-5-6-11-35(33)42/h2-6,8-17,24,37,39-40,45H,7,18-23,25-29H2,1H3. The number of aliphatic hydroxyl groups is 1. The Labute approximate surface area is 310 Å². The molecule has 1 amide bonds. The Morgan fingerprint density at radius 3 is 2.50 bits per heavy atom. The first-order chi connectivity index (χ1) is 25.5. The monoisotopic (exact) mass is 730 g/mol. The van der Waals surface area contributed by atoms with Gasteiger partial charge in [-0.25, -0.2) is 4.79 Å². The molecule has 6 rings (SSSR count). The number of likely N-dealkylation sites (tertiary alicyclic amines) is 1. The summed E-state index contributed by atoms with van der Waals surface area (Å²) in [6.45, 7) is 4.98. The molecule has 11 heteroatoms. The molecule has 4 aromatic rings. The van der Waals surface area contributed by atoms with Crippen LogP contribution in [-0.2, 0) is 38.8 Å². The highest BCUT2D eigenvalue weighted by Gasteiger charge is 2.40. The van der Waals surface area contributed by atoms with Crippen molar-refractivity contribution in [1.82, 2.24) is 4.90 Å². The molecular weight excluding hydrogens is 684 g/mol. The largest absolute Gasteiger partial charge is 0.491 e. The van der Waals surface area contributed by atoms with Crippen LogP contribution in [0.25, 0.3) is 0 Å². The normalized spacial score (nSPS) is 18.4. The van der Waals surface area contributed by atoms with Crippen LogP contribution < -0.4 is 14.4 Å². The van der Waals surface area contributed by atoms with Gasteiger partial charge < -0.3 is 43.3 Å². The summed E-state index contributed by atoms with van der Waals surface area (Å²) in [6.07, 6.45) is -0.979. The second-order valence-electron chi connectivity index (χ2n) is 12.9. The van der Waals surface area contributed by atoms with Gasteiger partial charge in [-0.2, -0.15) is 0 Å². The van der Waals surface area contributed by atoms with E-state index in [2.05, 4.69) is 11.0 Å². The molecule has 0 bridgehead atoms. The summed E-state index contributed by atoms with van der Waals surface area (Å²) < 4.78 is 35.1. The average Bonchev–Trinajstić information content (AvgIpc) is 3.17. The molecule has 3 atom stereocenters. The quantitative estimate of drug-likeness (QED) is 0.124. The lowest BCUT2D eigenvalue weighted by Gasteiger charge is -2.41. The molecule has 0 radical (unpaired) electrons. The van der Waals surface area contributed by atoms with E-state index >= 15 is 0 Å². The molecule has 276 valence electrons. The maximum Gasteiger partial charge on any atom is 0.410 e. The minimum absolute atomic E-state index is 0.117. The van der Waals surface area contributed by atoms with Gasteiger partial charge in [0.1, 0.15) is 31.3 Å². The molecule has 1 N–H and O–H groups in total. The van der Waals surface area contributed by atoms with Crippen LogP contribution >= 0.6 is 11.6 Å². The van der Waals surface area contributed by atoms with E-state index in [0.717, 1.165) is 53.2 Å². The van der Waals surface area contributed by atoms with E-state index in [0.29, 0.717) is 43.8 Å². The number of halogens is 1. The Balaban J connectivity index is 1.11. The van der Waals surface area contributed by atoms with Crippen LogP contribution in [0.5, 0.6) is 11.5 Å². The van der Waals surface area contributed by atoms with Crippen LogP contribution in [0.4, 0.5) is 10.5 Å². The highest BCUT2D eigenvalue weighted by Crippen LogP contribution is 2.35. The smallest absolute Gasteiger partial charge is 0.410 e. The third-order valence-corrected chi connectivity index (χ3v) is 9.66. The minimum Gasteiger partial charge on any atom is -0.491 e. The predicted molar refractivity (Wildman–Crippen MR) is 199 cm³/mol. The molecule has 0 aromatic heterocycles. The lowest BCUT2D eigenvalue weighted by Crippen LogP contribution is -2.53. The fourth-order valence-corrected chi connectivity index (χ4v) is 6.78. The topological polar surface area (TPSA) is 99.2 Å². The third kappa shape index (κ3) is 10.2. The highest BCUT2D eigenvalue weighted by molar-refractivity contribution is 6.31. The number of aliphatic hydroxyl groups excluding tert-OH is 1. The van der Waals surface area contributed by atoms with Crippen LogP contribution in [0.3, 0.4) is 0 Å². The van der Waals surface area contributed by atoms with Crippen molar-refractivity contribution in [2.75, 3.05) is 64.6 Å². The van der Waals surface area contributed by atoms with E-state index in [1.807, 2.05) is 91.0 Å². The van der Waals surface area contributed by atoms with Crippen molar-refractivity contribution in [3.63, 3.8) is 0 Å². The zero-order valence-corrected chi connectivity index (χ0v) is 30.3. The second-order valence-corrected chi connectivity index (χ2v) is 13.3. The van der Waals surface area contributed by atoms with Crippen molar-refractivity contribution in [1.29, 1.82) is 0 Å². The summed E-state index contributed by atoms with van der Waals surface area (Å²) in [7, 11) is 1.71. The fourth-order valence-electron chi connectivity index (χ4n) is 6.59. The highest BCUT2D eigenvalue weighted by atomic mass is 35.5. The van der Waals surface area contributed by atoms with Crippen LogP contribution in [0.15, 0.2) is 97.1 Å². The van der Waals surface area contributed by atoms with Crippen molar-refractivity contribution in [3.05, 3.63) is 124 Å². The summed E-state index contributed by atoms with van der Waals surface area (Å²) in [5.74, 6) is 1.14. The Morgan fingerprint density at radius 1 is 0.885 bits per heavy atom. The number of carbonyl (C=O) groups is 1. The molecule has 1 fully saturated rings. The first kappa shape index (κ1) is 37.4. The van der Waals surface area contributed by atoms with Crippen molar-refractivity contribution < 1.29 is 38.3 Å². The molecule has 0 aliphatic carbocycles. The van der Waals surface area contributed by atoms with Crippen molar-refractivity contribution in [3.8, 4) is 11.5 Å². The fraction of sp³-hybridized carbons (Fsp3) is 0.390. The molecule has 2 aliphatic rings. The number of amides is 1. The van der Waals surface area contributed by atoms with Crippen LogP contribution in [0.1, 0.15) is 34.6 Å². The number of methoxy groups -OCH3 is 1. The Hall–Kier alpha value is -4.32. The lowest BCUT2D eigenvalue weighted by atomic mass is 9.84. The van der Waals surface area contributed by atoms with Gasteiger partial charge in [0.05, 0.1) is 57.4 Å². The summed E-state index contributed by atoms with van der Waals surface area (Å²) in [5, 5.41) is 12.2. The van der Waals surface area contributed by atoms with E-state index in [4.69, 9.17) is 40.0 Å². The first-order valence-corrected chi connectivity index (χ1v) is 18.1. The van der Waals surface area contributed by atoms with Crippen LogP contribution in [0.2, 0.25) is 5.02 Å². The van der Waals surface area contributed by atoms with E-state index in [9.17, 15) is 9.90 Å². The van der Waals surface area contributed by atoms with Gasteiger partial charge >= 0.3 is 6.09 Å². The predicted octanol–water partition coefficient (Wildman–Crippen LogP) is 6.85. The molecule has 2 heterocycles. The average molecular weight is 731 g/mol. The molecule has 10 nitrogen and oxygen atoms in total. The summed E-state index contributed by atoms with van der Waals surface area (Å²) in [5.41, 5.74) is 4.71. The van der Waals surface area contributed by atoms with E-state index in [1.54, 1.807) is 7.11 Å². The number of nitrogens with zero attached hydrogens (tertiary/aromatic N) is 2. The molecule has 1 saturated heterocycles. The Bertz CT molecular complexity index is 1710. The van der Waals surface area contributed by atoms with Gasteiger partial charge in [0.15, 0.2) is 0 Å². The Kier molecular flexibility index (Phi) is 13.6. The lowest BCUT2D eigenvalue weighted by molar-refractivity contribution is -0.0692. The number of hydrogen-bond acceptors (Lipinski definition) is 9. The molecule has 3 unspecified atom stereocenters. The number of hydrogen-bond donors (Lipinski definition) is 1. The number of benzene rings is 4. The van der Waals surface area contributed by atoms with Crippen molar-refractivity contribution in [2.24, 2.45) is 0 Å². The summed E-state index contributed by atoms with van der Waals surface area (Å²) in [4.78, 5) is 17.1. The van der Waals surface area contributed by atoms with Crippen molar-refractivity contribution >= 4 is 23.4 Å². The van der Waals surface area contributed by atoms with Gasteiger partial charge in [-0.1, -0.05) is 78.3 Å². The molecule has 52 heavy (non-hydrogen) atoms. The summed E-state index contributed by atoms with van der Waals surface area (Å²) in [6, 6.07) is 30.9. The first-order valence-electron chi connectivity index (χ1n) is 17.8. The molecular formula is C41H47ClN2O8. The zero-order chi connectivity index (χ0) is 36.1. The van der Waals surface area contributed by atoms with Gasteiger partial charge in [-0.3, -0.25) is 0 Å². The van der Waals surface area contributed by atoms with E-state index in [1.165, 1.54) is 4.90 Å². The number of carbonyl (C=O) groups excluding carboxylic acids is 1. The Morgan fingerprint density at radius 2 is 1.69 bits per heavy atom. The van der Waals surface area contributed by atoms with E-state index < -0.39 is 24.2 Å². The van der Waals surface area contributed by atoms with Gasteiger partial charge in [-0.05, 0) is 59.0 Å². The number of anilines is 1. The molecule has 0 spiro atoms. The number of piperidine rings is 1. The maximum absolute atomic E-state index is 13.2.